The highest BCUT2D eigenvalue weighted by atomic mass is 19.1. The molecule has 2 atom stereocenters. The van der Waals surface area contributed by atoms with Gasteiger partial charge < -0.3 is 20.3 Å². The summed E-state index contributed by atoms with van der Waals surface area (Å²) in [5.41, 5.74) is 2.63. The molecule has 3 aliphatic rings. The molecule has 0 spiro atoms. The zero-order valence-corrected chi connectivity index (χ0v) is 22.3. The molecule has 40 heavy (non-hydrogen) atoms. The van der Waals surface area contributed by atoms with Crippen LogP contribution in [0, 0.1) is 17.1 Å². The molecule has 3 aromatic rings. The van der Waals surface area contributed by atoms with Crippen molar-refractivity contribution in [3.63, 3.8) is 0 Å². The maximum Gasteiger partial charge on any atom is 0.227 e. The van der Waals surface area contributed by atoms with Crippen LogP contribution in [-0.4, -0.2) is 72.5 Å². The lowest BCUT2D eigenvalue weighted by atomic mass is 9.91. The van der Waals surface area contributed by atoms with Gasteiger partial charge in [-0.25, -0.2) is 18.7 Å². The molecule has 3 heterocycles. The number of piperazine rings is 1. The van der Waals surface area contributed by atoms with E-state index in [1.807, 2.05) is 12.1 Å². The van der Waals surface area contributed by atoms with E-state index in [1.54, 1.807) is 12.1 Å². The first kappa shape index (κ1) is 26.4. The van der Waals surface area contributed by atoms with Gasteiger partial charge in [0.05, 0.1) is 11.8 Å². The summed E-state index contributed by atoms with van der Waals surface area (Å²) in [7, 11) is 0. The van der Waals surface area contributed by atoms with E-state index in [1.165, 1.54) is 31.0 Å². The molecule has 2 N–H and O–H groups in total. The highest BCUT2D eigenvalue weighted by Crippen LogP contribution is 2.30. The Morgan fingerprint density at radius 1 is 1.05 bits per heavy atom. The Morgan fingerprint density at radius 2 is 1.85 bits per heavy atom. The van der Waals surface area contributed by atoms with Crippen LogP contribution in [0.2, 0.25) is 0 Å². The van der Waals surface area contributed by atoms with Crippen molar-refractivity contribution in [2.45, 2.75) is 44.0 Å². The molecule has 1 saturated carbocycles. The molecule has 3 fully saturated rings. The quantitative estimate of drug-likeness (QED) is 0.444. The van der Waals surface area contributed by atoms with Crippen LogP contribution in [0.25, 0.3) is 11.3 Å². The minimum absolute atomic E-state index is 0.0618. The van der Waals surface area contributed by atoms with Crippen molar-refractivity contribution < 1.29 is 13.5 Å². The fourth-order valence-corrected chi connectivity index (χ4v) is 5.57. The fourth-order valence-electron chi connectivity index (χ4n) is 5.57. The van der Waals surface area contributed by atoms with Crippen LogP contribution >= 0.6 is 0 Å². The average molecular weight is 546 g/mol. The molecule has 6 rings (SSSR count). The lowest BCUT2D eigenvalue weighted by Gasteiger charge is -2.43. The van der Waals surface area contributed by atoms with E-state index in [0.717, 1.165) is 44.1 Å². The third-order valence-electron chi connectivity index (χ3n) is 8.14. The van der Waals surface area contributed by atoms with Crippen LogP contribution in [0.15, 0.2) is 48.7 Å². The number of nitrogens with one attached hydrogen (secondary N) is 2. The predicted octanol–water partition coefficient (Wildman–Crippen LogP) is 4.65. The van der Waals surface area contributed by atoms with Gasteiger partial charge in [0.25, 0.3) is 0 Å². The van der Waals surface area contributed by atoms with Crippen LogP contribution in [-0.2, 0) is 0 Å². The van der Waals surface area contributed by atoms with E-state index in [0.29, 0.717) is 18.5 Å². The molecule has 0 amide bonds. The summed E-state index contributed by atoms with van der Waals surface area (Å²) in [5, 5.41) is 15.8. The first-order chi connectivity index (χ1) is 19.6. The maximum atomic E-state index is 14.8. The maximum absolute atomic E-state index is 14.8. The van der Waals surface area contributed by atoms with Gasteiger partial charge in [0.1, 0.15) is 29.8 Å². The molecule has 0 radical (unpaired) electrons. The van der Waals surface area contributed by atoms with Crippen molar-refractivity contribution >= 4 is 17.3 Å². The van der Waals surface area contributed by atoms with E-state index < -0.39 is 18.1 Å². The SMILES string of the molecule is N#Cc1cc(-c2nc(Nc3ccc(N4CCN(C5CCC5)CC4)cc3)ncc2F)ccc1O[C@H]1CCNCC1F. The number of hydrogen-bond donors (Lipinski definition) is 2. The van der Waals surface area contributed by atoms with Gasteiger partial charge in [0.15, 0.2) is 5.82 Å². The number of aromatic nitrogens is 2. The Kier molecular flexibility index (Phi) is 7.75. The van der Waals surface area contributed by atoms with E-state index in [9.17, 15) is 14.0 Å². The second-order valence-electron chi connectivity index (χ2n) is 10.7. The molecule has 0 bridgehead atoms. The molecule has 8 nitrogen and oxygen atoms in total. The Bertz CT molecular complexity index is 1370. The molecule has 2 aliphatic heterocycles. The van der Waals surface area contributed by atoms with Crippen molar-refractivity contribution in [2.24, 2.45) is 0 Å². The van der Waals surface area contributed by atoms with Crippen molar-refractivity contribution in [3.05, 3.63) is 60.0 Å². The topological polar surface area (TPSA) is 89.3 Å². The standard InChI is InChI=1S/C30H33F2N7O/c31-25-18-34-11-10-28(25)40-27-9-4-20(16-21(27)17-33)29-26(32)19-35-30(37-29)36-22-5-7-24(8-6-22)39-14-12-38(13-15-39)23-2-1-3-23/h4-9,16,19,23,25,28,34H,1-3,10-15,18H2,(H,35,36,37)/t25?,28-/m0/s1. The number of hydrogen-bond acceptors (Lipinski definition) is 8. The van der Waals surface area contributed by atoms with Crippen LogP contribution in [0.3, 0.4) is 0 Å². The monoisotopic (exact) mass is 545 g/mol. The number of ether oxygens (including phenoxy) is 1. The van der Waals surface area contributed by atoms with Gasteiger partial charge >= 0.3 is 0 Å². The molecule has 10 heteroatoms. The lowest BCUT2D eigenvalue weighted by molar-refractivity contribution is 0.0729. The molecule has 208 valence electrons. The van der Waals surface area contributed by atoms with Gasteiger partial charge in [-0.2, -0.15) is 5.26 Å². The minimum atomic E-state index is -1.16. The van der Waals surface area contributed by atoms with Crippen LogP contribution in [0.4, 0.5) is 26.1 Å². The summed E-state index contributed by atoms with van der Waals surface area (Å²) in [6.45, 7) is 5.11. The Morgan fingerprint density at radius 3 is 2.55 bits per heavy atom. The number of alkyl halides is 1. The first-order valence-corrected chi connectivity index (χ1v) is 14.0. The first-order valence-electron chi connectivity index (χ1n) is 14.0. The molecule has 1 aliphatic carbocycles. The summed E-state index contributed by atoms with van der Waals surface area (Å²) in [4.78, 5) is 13.5. The number of halogens is 2. The molecular weight excluding hydrogens is 512 g/mol. The number of anilines is 3. The van der Waals surface area contributed by atoms with E-state index >= 15 is 0 Å². The Balaban J connectivity index is 1.13. The normalized spacial score (nSPS) is 21.9. The fraction of sp³-hybridized carbons (Fsp3) is 0.433. The summed E-state index contributed by atoms with van der Waals surface area (Å²) in [6, 6.07) is 15.7. The lowest BCUT2D eigenvalue weighted by Crippen LogP contribution is -2.52. The zero-order valence-electron chi connectivity index (χ0n) is 22.3. The van der Waals surface area contributed by atoms with Crippen molar-refractivity contribution in [1.82, 2.24) is 20.2 Å². The number of piperidine rings is 1. The van der Waals surface area contributed by atoms with E-state index in [2.05, 4.69) is 48.6 Å². The van der Waals surface area contributed by atoms with Gasteiger partial charge in [-0.15, -0.1) is 0 Å². The predicted molar refractivity (Wildman–Crippen MR) is 150 cm³/mol. The van der Waals surface area contributed by atoms with Crippen LogP contribution in [0.5, 0.6) is 5.75 Å². The summed E-state index contributed by atoms with van der Waals surface area (Å²) in [6.07, 6.45) is 3.86. The third-order valence-corrected chi connectivity index (χ3v) is 8.14. The van der Waals surface area contributed by atoms with Crippen LogP contribution < -0.4 is 20.3 Å². The molecule has 1 aromatic heterocycles. The smallest absolute Gasteiger partial charge is 0.227 e. The van der Waals surface area contributed by atoms with Gasteiger partial charge in [-0.05, 0) is 68.3 Å². The molecule has 1 unspecified atom stereocenters. The number of nitrogens with zero attached hydrogens (tertiary/aromatic N) is 5. The largest absolute Gasteiger partial charge is 0.486 e. The molecular formula is C30H33F2N7O. The summed E-state index contributed by atoms with van der Waals surface area (Å²) < 4.78 is 34.8. The highest BCUT2D eigenvalue weighted by Gasteiger charge is 2.28. The summed E-state index contributed by atoms with van der Waals surface area (Å²) >= 11 is 0. The molecule has 2 saturated heterocycles. The Labute approximate surface area is 233 Å². The third kappa shape index (κ3) is 5.71. The molecule has 2 aromatic carbocycles. The zero-order chi connectivity index (χ0) is 27.5. The van der Waals surface area contributed by atoms with Gasteiger partial charge in [0.2, 0.25) is 5.95 Å². The number of nitriles is 1. The van der Waals surface area contributed by atoms with Gasteiger partial charge in [0, 0.05) is 55.7 Å². The van der Waals surface area contributed by atoms with Gasteiger partial charge in [-0.3, -0.25) is 4.90 Å². The second kappa shape index (κ2) is 11.7. The van der Waals surface area contributed by atoms with E-state index in [-0.39, 0.29) is 29.5 Å². The van der Waals surface area contributed by atoms with Crippen LogP contribution in [0.1, 0.15) is 31.2 Å². The second-order valence-corrected chi connectivity index (χ2v) is 10.7. The van der Waals surface area contributed by atoms with Crippen molar-refractivity contribution in [2.75, 3.05) is 49.5 Å². The van der Waals surface area contributed by atoms with Crippen molar-refractivity contribution in [1.29, 1.82) is 5.26 Å². The summed E-state index contributed by atoms with van der Waals surface area (Å²) in [5.74, 6) is -0.0908. The number of benzene rings is 2. The minimum Gasteiger partial charge on any atom is -0.486 e. The number of rotatable bonds is 7. The highest BCUT2D eigenvalue weighted by molar-refractivity contribution is 5.67. The van der Waals surface area contributed by atoms with E-state index in [4.69, 9.17) is 4.74 Å². The average Bonchev–Trinajstić information content (AvgIpc) is 2.95. The Hall–Kier alpha value is -3.81. The van der Waals surface area contributed by atoms with Crippen molar-refractivity contribution in [3.8, 4) is 23.1 Å². The van der Waals surface area contributed by atoms with Gasteiger partial charge in [-0.1, -0.05) is 6.42 Å².